The van der Waals surface area contributed by atoms with E-state index in [1.54, 1.807) is 22.9 Å². The van der Waals surface area contributed by atoms with Gasteiger partial charge in [0.15, 0.2) is 0 Å². The number of rotatable bonds is 4. The van der Waals surface area contributed by atoms with Gasteiger partial charge in [0.25, 0.3) is 0 Å². The van der Waals surface area contributed by atoms with Crippen LogP contribution >= 0.6 is 11.8 Å². The molecule has 0 saturated carbocycles. The van der Waals surface area contributed by atoms with E-state index in [9.17, 15) is 9.59 Å². The predicted octanol–water partition coefficient (Wildman–Crippen LogP) is 2.51. The highest BCUT2D eigenvalue weighted by molar-refractivity contribution is 7.98. The smallest absolute Gasteiger partial charge is 0.228 e. The van der Waals surface area contributed by atoms with Crippen molar-refractivity contribution in [2.75, 3.05) is 48.8 Å². The topological polar surface area (TPSA) is 56.8 Å². The summed E-state index contributed by atoms with van der Waals surface area (Å²) in [7, 11) is 0. The normalized spacial score (nSPS) is 20.0. The number of carbonyl (C=O) groups excluding carboxylic acids is 2. The zero-order valence-corrected chi connectivity index (χ0v) is 16.8. The maximum Gasteiger partial charge on any atom is 0.228 e. The van der Waals surface area contributed by atoms with Gasteiger partial charge in [-0.15, -0.1) is 11.8 Å². The Balaban J connectivity index is 1.37. The van der Waals surface area contributed by atoms with Crippen molar-refractivity contribution in [2.45, 2.75) is 11.3 Å². The van der Waals surface area contributed by atoms with Crippen LogP contribution in [-0.2, 0) is 9.59 Å². The number of amides is 2. The Labute approximate surface area is 169 Å². The second-order valence-corrected chi connectivity index (χ2v) is 7.99. The van der Waals surface area contributed by atoms with Crippen LogP contribution in [-0.4, -0.2) is 60.7 Å². The number of hydrogen-bond acceptors (Lipinski definition) is 5. The van der Waals surface area contributed by atoms with E-state index in [1.165, 1.54) is 0 Å². The second kappa shape index (κ2) is 8.22. The number of benzene rings is 1. The van der Waals surface area contributed by atoms with E-state index in [1.807, 2.05) is 53.6 Å². The van der Waals surface area contributed by atoms with Gasteiger partial charge in [-0.2, -0.15) is 0 Å². The highest BCUT2D eigenvalue weighted by atomic mass is 32.2. The molecule has 1 aromatic heterocycles. The zero-order valence-electron chi connectivity index (χ0n) is 16.0. The van der Waals surface area contributed by atoms with Gasteiger partial charge >= 0.3 is 0 Å². The van der Waals surface area contributed by atoms with Gasteiger partial charge in [-0.25, -0.2) is 4.98 Å². The first-order valence-corrected chi connectivity index (χ1v) is 10.8. The molecule has 2 aliphatic heterocycles. The molecule has 28 heavy (non-hydrogen) atoms. The van der Waals surface area contributed by atoms with E-state index in [0.29, 0.717) is 26.1 Å². The summed E-state index contributed by atoms with van der Waals surface area (Å²) in [6.45, 7) is 3.34. The molecule has 0 N–H and O–H groups in total. The first kappa shape index (κ1) is 18.8. The van der Waals surface area contributed by atoms with E-state index < -0.39 is 0 Å². The minimum Gasteiger partial charge on any atom is -0.353 e. The van der Waals surface area contributed by atoms with Crippen molar-refractivity contribution in [3.63, 3.8) is 0 Å². The molecule has 1 atom stereocenters. The second-order valence-electron chi connectivity index (χ2n) is 7.11. The lowest BCUT2D eigenvalue weighted by atomic mass is 10.1. The van der Waals surface area contributed by atoms with Gasteiger partial charge in [0, 0.05) is 55.9 Å². The fourth-order valence-corrected chi connectivity index (χ4v) is 4.31. The van der Waals surface area contributed by atoms with Crippen LogP contribution in [0.1, 0.15) is 6.42 Å². The highest BCUT2D eigenvalue weighted by Crippen LogP contribution is 2.29. The Kier molecular flexibility index (Phi) is 5.52. The molecular weight excluding hydrogens is 372 g/mol. The van der Waals surface area contributed by atoms with Crippen LogP contribution in [0.15, 0.2) is 53.6 Å². The summed E-state index contributed by atoms with van der Waals surface area (Å²) in [5.41, 5.74) is 0.882. The Morgan fingerprint density at radius 2 is 1.93 bits per heavy atom. The Hall–Kier alpha value is -2.54. The quantitative estimate of drug-likeness (QED) is 0.744. The molecule has 6 nitrogen and oxygen atoms in total. The fourth-order valence-electron chi connectivity index (χ4n) is 3.86. The average Bonchev–Trinajstić information content (AvgIpc) is 3.15. The summed E-state index contributed by atoms with van der Waals surface area (Å²) in [5.74, 6) is 0.818. The summed E-state index contributed by atoms with van der Waals surface area (Å²) in [5, 5.41) is 0. The molecule has 2 fully saturated rings. The maximum absolute atomic E-state index is 13.0. The van der Waals surface area contributed by atoms with Crippen LogP contribution in [0.25, 0.3) is 0 Å². The molecule has 3 heterocycles. The van der Waals surface area contributed by atoms with Gasteiger partial charge in [-0.05, 0) is 36.6 Å². The molecule has 7 heteroatoms. The number of nitrogens with zero attached hydrogens (tertiary/aromatic N) is 4. The molecule has 1 aromatic carbocycles. The van der Waals surface area contributed by atoms with Gasteiger partial charge in [-0.1, -0.05) is 12.1 Å². The van der Waals surface area contributed by atoms with Gasteiger partial charge in [-0.3, -0.25) is 9.59 Å². The first-order valence-electron chi connectivity index (χ1n) is 9.55. The lowest BCUT2D eigenvalue weighted by molar-refractivity contribution is -0.136. The van der Waals surface area contributed by atoms with Crippen LogP contribution in [0.2, 0.25) is 0 Å². The van der Waals surface area contributed by atoms with Crippen molar-refractivity contribution >= 4 is 35.1 Å². The summed E-state index contributed by atoms with van der Waals surface area (Å²) in [6.07, 6.45) is 4.10. The fraction of sp³-hybridized carbons (Fsp3) is 0.381. The van der Waals surface area contributed by atoms with Crippen molar-refractivity contribution in [3.8, 4) is 0 Å². The SMILES string of the molecule is CSc1cccc(N2CC(C(=O)N3CCN(c4ccccn4)CC3)CC2=O)c1. The maximum atomic E-state index is 13.0. The van der Waals surface area contributed by atoms with E-state index in [-0.39, 0.29) is 17.7 Å². The molecular formula is C21H24N4O2S. The third-order valence-electron chi connectivity index (χ3n) is 5.40. The first-order chi connectivity index (χ1) is 13.7. The van der Waals surface area contributed by atoms with Gasteiger partial charge < -0.3 is 14.7 Å². The number of anilines is 2. The van der Waals surface area contributed by atoms with Crippen LogP contribution in [0.3, 0.4) is 0 Å². The number of hydrogen-bond donors (Lipinski definition) is 0. The Morgan fingerprint density at radius 3 is 2.64 bits per heavy atom. The minimum absolute atomic E-state index is 0.0312. The lowest BCUT2D eigenvalue weighted by Crippen LogP contribution is -2.51. The lowest BCUT2D eigenvalue weighted by Gasteiger charge is -2.36. The van der Waals surface area contributed by atoms with Crippen molar-refractivity contribution in [2.24, 2.45) is 5.92 Å². The number of aromatic nitrogens is 1. The third-order valence-corrected chi connectivity index (χ3v) is 6.13. The average molecular weight is 397 g/mol. The van der Waals surface area contributed by atoms with Crippen LogP contribution < -0.4 is 9.80 Å². The summed E-state index contributed by atoms with van der Waals surface area (Å²) in [4.78, 5) is 36.9. The van der Waals surface area contributed by atoms with Gasteiger partial charge in [0.05, 0.1) is 5.92 Å². The molecule has 0 radical (unpaired) electrons. The molecule has 146 valence electrons. The molecule has 4 rings (SSSR count). The number of pyridine rings is 1. The Morgan fingerprint density at radius 1 is 1.11 bits per heavy atom. The van der Waals surface area contributed by atoms with Gasteiger partial charge in [0.1, 0.15) is 5.82 Å². The zero-order chi connectivity index (χ0) is 19.5. The molecule has 2 aromatic rings. The van der Waals surface area contributed by atoms with E-state index in [4.69, 9.17) is 0 Å². The molecule has 1 unspecified atom stereocenters. The summed E-state index contributed by atoms with van der Waals surface area (Å²) >= 11 is 1.65. The Bertz CT molecular complexity index is 852. The predicted molar refractivity (Wildman–Crippen MR) is 112 cm³/mol. The van der Waals surface area contributed by atoms with Crippen LogP contribution in [0, 0.1) is 5.92 Å². The van der Waals surface area contributed by atoms with Crippen molar-refractivity contribution in [1.29, 1.82) is 0 Å². The highest BCUT2D eigenvalue weighted by Gasteiger charge is 2.38. The van der Waals surface area contributed by atoms with E-state index >= 15 is 0 Å². The third kappa shape index (κ3) is 3.85. The van der Waals surface area contributed by atoms with Crippen LogP contribution in [0.4, 0.5) is 11.5 Å². The molecule has 0 bridgehead atoms. The summed E-state index contributed by atoms with van der Waals surface area (Å²) in [6, 6.07) is 13.8. The number of piperazine rings is 1. The molecule has 2 aliphatic rings. The van der Waals surface area contributed by atoms with Crippen molar-refractivity contribution in [3.05, 3.63) is 48.7 Å². The largest absolute Gasteiger partial charge is 0.353 e. The molecule has 0 aliphatic carbocycles. The van der Waals surface area contributed by atoms with E-state index in [0.717, 1.165) is 29.5 Å². The summed E-state index contributed by atoms with van der Waals surface area (Å²) < 4.78 is 0. The molecule has 0 spiro atoms. The van der Waals surface area contributed by atoms with Crippen molar-refractivity contribution in [1.82, 2.24) is 9.88 Å². The number of carbonyl (C=O) groups is 2. The monoisotopic (exact) mass is 396 g/mol. The minimum atomic E-state index is -0.258. The van der Waals surface area contributed by atoms with E-state index in [2.05, 4.69) is 9.88 Å². The van der Waals surface area contributed by atoms with Crippen LogP contribution in [0.5, 0.6) is 0 Å². The number of thioether (sulfide) groups is 1. The molecule has 2 amide bonds. The standard InChI is InChI=1S/C21H24N4O2S/c1-28-18-6-4-5-17(14-18)25-15-16(13-20(25)26)21(27)24-11-9-23(10-12-24)19-7-2-3-8-22-19/h2-8,14,16H,9-13,15H2,1H3. The van der Waals surface area contributed by atoms with Crippen molar-refractivity contribution < 1.29 is 9.59 Å². The van der Waals surface area contributed by atoms with Gasteiger partial charge in [0.2, 0.25) is 11.8 Å². The molecule has 2 saturated heterocycles.